The number of aromatic nitrogens is 1. The predicted molar refractivity (Wildman–Crippen MR) is 71.6 cm³/mol. The minimum Gasteiger partial charge on any atom is -0.385 e. The van der Waals surface area contributed by atoms with E-state index in [9.17, 15) is 0 Å². The van der Waals surface area contributed by atoms with Gasteiger partial charge in [-0.25, -0.2) is 0 Å². The molecule has 4 nitrogen and oxygen atoms in total. The van der Waals surface area contributed by atoms with Crippen LogP contribution in [-0.4, -0.2) is 31.3 Å². The van der Waals surface area contributed by atoms with E-state index in [1.54, 1.807) is 0 Å². The van der Waals surface area contributed by atoms with Crippen molar-refractivity contribution in [1.82, 2.24) is 4.98 Å². The molecule has 1 N–H and O–H groups in total. The predicted octanol–water partition coefficient (Wildman–Crippen LogP) is 2.46. The third kappa shape index (κ3) is 4.27. The molecule has 1 aromatic heterocycles. The van der Waals surface area contributed by atoms with E-state index in [0.29, 0.717) is 12.5 Å². The molecule has 0 spiro atoms. The van der Waals surface area contributed by atoms with Crippen LogP contribution in [0.1, 0.15) is 25.5 Å². The fourth-order valence-electron chi connectivity index (χ4n) is 1.98. The van der Waals surface area contributed by atoms with Crippen molar-refractivity contribution in [2.75, 3.05) is 31.7 Å². The van der Waals surface area contributed by atoms with Crippen LogP contribution in [-0.2, 0) is 16.1 Å². The second kappa shape index (κ2) is 7.34. The number of nitrogens with zero attached hydrogens (tertiary/aromatic N) is 1. The van der Waals surface area contributed by atoms with Gasteiger partial charge in [-0.3, -0.25) is 4.98 Å². The Kier molecular flexibility index (Phi) is 5.42. The van der Waals surface area contributed by atoms with Crippen LogP contribution < -0.4 is 5.32 Å². The summed E-state index contributed by atoms with van der Waals surface area (Å²) in [4.78, 5) is 4.32. The standard InChI is InChI=1S/C14H22N2O2/c1-2-5-15-13-3-6-16-14(8-13)11-18-10-12-4-7-17-9-12/h3,6,8,12H,2,4-5,7,9-11H2,1H3,(H,15,16). The molecule has 1 saturated heterocycles. The highest BCUT2D eigenvalue weighted by molar-refractivity contribution is 5.42. The van der Waals surface area contributed by atoms with Crippen molar-refractivity contribution in [3.8, 4) is 0 Å². The van der Waals surface area contributed by atoms with Crippen LogP contribution in [0.5, 0.6) is 0 Å². The van der Waals surface area contributed by atoms with E-state index in [1.807, 2.05) is 12.3 Å². The molecule has 100 valence electrons. The Hall–Kier alpha value is -1.13. The van der Waals surface area contributed by atoms with Gasteiger partial charge < -0.3 is 14.8 Å². The number of hydrogen-bond donors (Lipinski definition) is 1. The zero-order chi connectivity index (χ0) is 12.6. The van der Waals surface area contributed by atoms with Crippen LogP contribution in [0.15, 0.2) is 18.3 Å². The van der Waals surface area contributed by atoms with E-state index in [4.69, 9.17) is 9.47 Å². The van der Waals surface area contributed by atoms with Crippen molar-refractivity contribution >= 4 is 5.69 Å². The molecule has 4 heteroatoms. The van der Waals surface area contributed by atoms with Gasteiger partial charge >= 0.3 is 0 Å². The molecular weight excluding hydrogens is 228 g/mol. The maximum absolute atomic E-state index is 5.69. The highest BCUT2D eigenvalue weighted by atomic mass is 16.5. The van der Waals surface area contributed by atoms with E-state index < -0.39 is 0 Å². The lowest BCUT2D eigenvalue weighted by molar-refractivity contribution is 0.0773. The molecule has 1 fully saturated rings. The van der Waals surface area contributed by atoms with E-state index in [1.165, 1.54) is 0 Å². The summed E-state index contributed by atoms with van der Waals surface area (Å²) >= 11 is 0. The monoisotopic (exact) mass is 250 g/mol. The van der Waals surface area contributed by atoms with Gasteiger partial charge in [0.15, 0.2) is 0 Å². The summed E-state index contributed by atoms with van der Waals surface area (Å²) in [6.07, 6.45) is 4.07. The molecular formula is C14H22N2O2. The van der Waals surface area contributed by atoms with Gasteiger partial charge in [0.2, 0.25) is 0 Å². The number of pyridine rings is 1. The molecule has 0 aliphatic carbocycles. The maximum atomic E-state index is 5.69. The van der Waals surface area contributed by atoms with Gasteiger partial charge in [-0.2, -0.15) is 0 Å². The van der Waals surface area contributed by atoms with Gasteiger partial charge in [0.25, 0.3) is 0 Å². The fourth-order valence-corrected chi connectivity index (χ4v) is 1.98. The van der Waals surface area contributed by atoms with Crippen molar-refractivity contribution in [1.29, 1.82) is 0 Å². The highest BCUT2D eigenvalue weighted by Gasteiger charge is 2.15. The molecule has 2 rings (SSSR count). The van der Waals surface area contributed by atoms with Crippen molar-refractivity contribution in [2.24, 2.45) is 5.92 Å². The Bertz CT molecular complexity index is 351. The summed E-state index contributed by atoms with van der Waals surface area (Å²) in [6.45, 7) is 6.21. The van der Waals surface area contributed by atoms with Crippen LogP contribution >= 0.6 is 0 Å². The summed E-state index contributed by atoms with van der Waals surface area (Å²) in [5.41, 5.74) is 2.10. The quantitative estimate of drug-likeness (QED) is 0.807. The number of hydrogen-bond acceptors (Lipinski definition) is 4. The van der Waals surface area contributed by atoms with Crippen LogP contribution in [0.3, 0.4) is 0 Å². The Morgan fingerprint density at radius 3 is 3.28 bits per heavy atom. The van der Waals surface area contributed by atoms with Crippen LogP contribution in [0, 0.1) is 5.92 Å². The largest absolute Gasteiger partial charge is 0.385 e. The summed E-state index contributed by atoms with van der Waals surface area (Å²) in [7, 11) is 0. The molecule has 18 heavy (non-hydrogen) atoms. The second-order valence-electron chi connectivity index (χ2n) is 4.71. The van der Waals surface area contributed by atoms with E-state index in [0.717, 1.165) is 50.6 Å². The number of ether oxygens (including phenoxy) is 2. The first-order valence-electron chi connectivity index (χ1n) is 6.72. The van der Waals surface area contributed by atoms with Crippen LogP contribution in [0.25, 0.3) is 0 Å². The van der Waals surface area contributed by atoms with Gasteiger partial charge in [-0.15, -0.1) is 0 Å². The van der Waals surface area contributed by atoms with Crippen molar-refractivity contribution in [3.05, 3.63) is 24.0 Å². The van der Waals surface area contributed by atoms with Gasteiger partial charge in [-0.05, 0) is 25.0 Å². The van der Waals surface area contributed by atoms with E-state index in [2.05, 4.69) is 23.3 Å². The SMILES string of the molecule is CCCNc1ccnc(COCC2CCOC2)c1. The zero-order valence-corrected chi connectivity index (χ0v) is 11.0. The van der Waals surface area contributed by atoms with Crippen molar-refractivity contribution in [3.63, 3.8) is 0 Å². The minimum absolute atomic E-state index is 0.561. The Morgan fingerprint density at radius 1 is 1.56 bits per heavy atom. The number of nitrogens with one attached hydrogen (secondary N) is 1. The molecule has 1 unspecified atom stereocenters. The average molecular weight is 250 g/mol. The summed E-state index contributed by atoms with van der Waals surface area (Å²) in [6, 6.07) is 4.05. The van der Waals surface area contributed by atoms with Crippen molar-refractivity contribution in [2.45, 2.75) is 26.4 Å². The van der Waals surface area contributed by atoms with Crippen LogP contribution in [0.4, 0.5) is 5.69 Å². The normalized spacial score (nSPS) is 19.1. The Labute approximate surface area is 109 Å². The zero-order valence-electron chi connectivity index (χ0n) is 11.0. The molecule has 0 bridgehead atoms. The first-order chi connectivity index (χ1) is 8.88. The van der Waals surface area contributed by atoms with E-state index in [-0.39, 0.29) is 0 Å². The smallest absolute Gasteiger partial charge is 0.0888 e. The van der Waals surface area contributed by atoms with Crippen molar-refractivity contribution < 1.29 is 9.47 Å². The molecule has 0 radical (unpaired) electrons. The molecule has 0 saturated carbocycles. The number of rotatable bonds is 7. The van der Waals surface area contributed by atoms with Gasteiger partial charge in [0.05, 0.1) is 25.5 Å². The maximum Gasteiger partial charge on any atom is 0.0888 e. The third-order valence-electron chi connectivity index (χ3n) is 3.02. The van der Waals surface area contributed by atoms with Gasteiger partial charge in [-0.1, -0.05) is 6.92 Å². The fraction of sp³-hybridized carbons (Fsp3) is 0.643. The molecule has 0 aromatic carbocycles. The third-order valence-corrected chi connectivity index (χ3v) is 3.02. The molecule has 1 atom stereocenters. The minimum atomic E-state index is 0.561. The lowest BCUT2D eigenvalue weighted by atomic mass is 10.1. The van der Waals surface area contributed by atoms with E-state index >= 15 is 0 Å². The van der Waals surface area contributed by atoms with Gasteiger partial charge in [0, 0.05) is 31.0 Å². The Morgan fingerprint density at radius 2 is 2.50 bits per heavy atom. The second-order valence-corrected chi connectivity index (χ2v) is 4.71. The molecule has 1 aliphatic rings. The van der Waals surface area contributed by atoms with Crippen LogP contribution in [0.2, 0.25) is 0 Å². The topological polar surface area (TPSA) is 43.4 Å². The number of anilines is 1. The Balaban J connectivity index is 1.74. The molecule has 0 amide bonds. The lowest BCUT2D eigenvalue weighted by Crippen LogP contribution is -2.09. The first kappa shape index (κ1) is 13.3. The first-order valence-corrected chi connectivity index (χ1v) is 6.72. The molecule has 2 heterocycles. The summed E-state index contributed by atoms with van der Waals surface area (Å²) < 4.78 is 11.0. The average Bonchev–Trinajstić information content (AvgIpc) is 2.90. The highest BCUT2D eigenvalue weighted by Crippen LogP contribution is 2.14. The molecule has 1 aromatic rings. The lowest BCUT2D eigenvalue weighted by Gasteiger charge is -2.09. The summed E-state index contributed by atoms with van der Waals surface area (Å²) in [5, 5.41) is 3.35. The summed E-state index contributed by atoms with van der Waals surface area (Å²) in [5.74, 6) is 0.561. The van der Waals surface area contributed by atoms with Gasteiger partial charge in [0.1, 0.15) is 0 Å². The molecule has 1 aliphatic heterocycles.